The number of carbonyl (C=O) groups excluding carboxylic acids is 1. The van der Waals surface area contributed by atoms with Crippen LogP contribution in [0.25, 0.3) is 0 Å². The van der Waals surface area contributed by atoms with Gasteiger partial charge in [0.05, 0.1) is 6.61 Å². The van der Waals surface area contributed by atoms with Crippen molar-refractivity contribution in [2.75, 3.05) is 11.9 Å². The van der Waals surface area contributed by atoms with Crippen molar-refractivity contribution in [1.29, 1.82) is 0 Å². The zero-order chi connectivity index (χ0) is 19.8. The standard InChI is InChI=1S/C23H28N2O2S/c1-17-7-9-19(10-8-17)22(26)25-23(28)24-20-11-13-21(14-12-20)27-16-15-18-5-3-2-4-6-18/h7-14,18H,2-6,15-16H2,1H3,(H2,24,25,26,28). The van der Waals surface area contributed by atoms with Crippen molar-refractivity contribution in [3.8, 4) is 5.75 Å². The molecule has 1 amide bonds. The molecule has 0 aromatic heterocycles. The van der Waals surface area contributed by atoms with Gasteiger partial charge in [-0.25, -0.2) is 0 Å². The Morgan fingerprint density at radius 3 is 2.39 bits per heavy atom. The maximum Gasteiger partial charge on any atom is 0.257 e. The van der Waals surface area contributed by atoms with Crippen LogP contribution in [0.15, 0.2) is 48.5 Å². The van der Waals surface area contributed by atoms with Gasteiger partial charge < -0.3 is 10.1 Å². The molecule has 0 bridgehead atoms. The van der Waals surface area contributed by atoms with E-state index >= 15 is 0 Å². The molecule has 3 rings (SSSR count). The summed E-state index contributed by atoms with van der Waals surface area (Å²) >= 11 is 5.24. The summed E-state index contributed by atoms with van der Waals surface area (Å²) < 4.78 is 5.87. The van der Waals surface area contributed by atoms with Gasteiger partial charge in [-0.1, -0.05) is 49.8 Å². The van der Waals surface area contributed by atoms with Crippen molar-refractivity contribution in [3.63, 3.8) is 0 Å². The van der Waals surface area contributed by atoms with Crippen LogP contribution >= 0.6 is 12.2 Å². The van der Waals surface area contributed by atoms with E-state index in [9.17, 15) is 4.79 Å². The molecule has 5 heteroatoms. The number of hydrogen-bond donors (Lipinski definition) is 2. The Hall–Kier alpha value is -2.40. The van der Waals surface area contributed by atoms with Crippen LogP contribution in [0.3, 0.4) is 0 Å². The topological polar surface area (TPSA) is 50.4 Å². The van der Waals surface area contributed by atoms with Gasteiger partial charge in [-0.15, -0.1) is 0 Å². The molecule has 0 unspecified atom stereocenters. The lowest BCUT2D eigenvalue weighted by Crippen LogP contribution is -2.34. The van der Waals surface area contributed by atoms with Crippen LogP contribution < -0.4 is 15.4 Å². The third kappa shape index (κ3) is 6.34. The Morgan fingerprint density at radius 1 is 1.04 bits per heavy atom. The van der Waals surface area contributed by atoms with Crippen molar-refractivity contribution in [2.45, 2.75) is 45.4 Å². The molecule has 2 aromatic rings. The fourth-order valence-corrected chi connectivity index (χ4v) is 3.71. The highest BCUT2D eigenvalue weighted by Gasteiger charge is 2.13. The first-order valence-corrected chi connectivity index (χ1v) is 10.4. The summed E-state index contributed by atoms with van der Waals surface area (Å²) in [5.41, 5.74) is 2.50. The molecule has 0 atom stereocenters. The Balaban J connectivity index is 1.42. The number of rotatable bonds is 6. The maximum absolute atomic E-state index is 12.2. The predicted molar refractivity (Wildman–Crippen MR) is 118 cm³/mol. The highest BCUT2D eigenvalue weighted by Crippen LogP contribution is 2.26. The van der Waals surface area contributed by atoms with Crippen molar-refractivity contribution in [3.05, 3.63) is 59.7 Å². The van der Waals surface area contributed by atoms with E-state index in [1.165, 1.54) is 32.1 Å². The lowest BCUT2D eigenvalue weighted by molar-refractivity contribution is 0.0977. The Labute approximate surface area is 172 Å². The minimum atomic E-state index is -0.222. The van der Waals surface area contributed by atoms with Crippen LogP contribution in [0.5, 0.6) is 5.75 Å². The van der Waals surface area contributed by atoms with Crippen molar-refractivity contribution < 1.29 is 9.53 Å². The second-order valence-corrected chi connectivity index (χ2v) is 7.85. The largest absolute Gasteiger partial charge is 0.494 e. The molecule has 0 radical (unpaired) electrons. The second kappa shape index (κ2) is 10.2. The summed E-state index contributed by atoms with van der Waals surface area (Å²) in [4.78, 5) is 12.2. The summed E-state index contributed by atoms with van der Waals surface area (Å²) in [6.45, 7) is 2.75. The zero-order valence-corrected chi connectivity index (χ0v) is 17.2. The van der Waals surface area contributed by atoms with E-state index in [-0.39, 0.29) is 11.0 Å². The molecule has 0 heterocycles. The number of hydrogen-bond acceptors (Lipinski definition) is 3. The van der Waals surface area contributed by atoms with E-state index in [0.29, 0.717) is 5.56 Å². The number of benzene rings is 2. The normalized spacial score (nSPS) is 14.3. The molecule has 1 saturated carbocycles. The van der Waals surface area contributed by atoms with E-state index in [1.807, 2.05) is 43.3 Å². The second-order valence-electron chi connectivity index (χ2n) is 7.44. The molecular formula is C23H28N2O2S. The first kappa shape index (κ1) is 20.3. The van der Waals surface area contributed by atoms with Crippen LogP contribution in [-0.2, 0) is 0 Å². The molecular weight excluding hydrogens is 368 g/mol. The van der Waals surface area contributed by atoms with Gasteiger partial charge in [-0.2, -0.15) is 0 Å². The van der Waals surface area contributed by atoms with Gasteiger partial charge in [0, 0.05) is 11.3 Å². The van der Waals surface area contributed by atoms with Gasteiger partial charge in [0.15, 0.2) is 5.11 Å². The average Bonchev–Trinajstić information content (AvgIpc) is 2.70. The third-order valence-corrected chi connectivity index (χ3v) is 5.38. The summed E-state index contributed by atoms with van der Waals surface area (Å²) in [6.07, 6.45) is 7.95. The number of anilines is 1. The molecule has 1 aliphatic carbocycles. The van der Waals surface area contributed by atoms with Gasteiger partial charge in [-0.05, 0) is 67.9 Å². The first-order valence-electron chi connectivity index (χ1n) is 10.0. The van der Waals surface area contributed by atoms with E-state index < -0.39 is 0 Å². The predicted octanol–water partition coefficient (Wildman–Crippen LogP) is 5.47. The molecule has 148 valence electrons. The first-order chi connectivity index (χ1) is 13.6. The Morgan fingerprint density at radius 2 is 1.71 bits per heavy atom. The highest BCUT2D eigenvalue weighted by atomic mass is 32.1. The fourth-order valence-electron chi connectivity index (χ4n) is 3.50. The number of amides is 1. The summed E-state index contributed by atoms with van der Waals surface area (Å²) in [6, 6.07) is 15.0. The number of nitrogens with one attached hydrogen (secondary N) is 2. The molecule has 0 saturated heterocycles. The number of ether oxygens (including phenoxy) is 1. The van der Waals surface area contributed by atoms with Crippen LogP contribution in [0.1, 0.15) is 54.4 Å². The van der Waals surface area contributed by atoms with Crippen molar-refractivity contribution in [1.82, 2.24) is 5.32 Å². The molecule has 1 aliphatic rings. The van der Waals surface area contributed by atoms with E-state index in [1.54, 1.807) is 12.1 Å². The lowest BCUT2D eigenvalue weighted by atomic mass is 9.87. The maximum atomic E-state index is 12.2. The van der Waals surface area contributed by atoms with E-state index in [2.05, 4.69) is 10.6 Å². The summed E-state index contributed by atoms with van der Waals surface area (Å²) in [5.74, 6) is 1.46. The van der Waals surface area contributed by atoms with Gasteiger partial charge in [0.2, 0.25) is 0 Å². The average molecular weight is 397 g/mol. The minimum absolute atomic E-state index is 0.222. The molecule has 1 fully saturated rings. The van der Waals surface area contributed by atoms with Crippen LogP contribution in [-0.4, -0.2) is 17.6 Å². The minimum Gasteiger partial charge on any atom is -0.494 e. The van der Waals surface area contributed by atoms with Gasteiger partial charge in [-0.3, -0.25) is 10.1 Å². The van der Waals surface area contributed by atoms with E-state index in [4.69, 9.17) is 17.0 Å². The van der Waals surface area contributed by atoms with Gasteiger partial charge >= 0.3 is 0 Å². The fraction of sp³-hybridized carbons (Fsp3) is 0.391. The van der Waals surface area contributed by atoms with Crippen LogP contribution in [0, 0.1) is 12.8 Å². The monoisotopic (exact) mass is 396 g/mol. The quantitative estimate of drug-likeness (QED) is 0.636. The summed E-state index contributed by atoms with van der Waals surface area (Å²) in [7, 11) is 0. The lowest BCUT2D eigenvalue weighted by Gasteiger charge is -2.21. The van der Waals surface area contributed by atoms with Crippen LogP contribution in [0.4, 0.5) is 5.69 Å². The molecule has 28 heavy (non-hydrogen) atoms. The SMILES string of the molecule is Cc1ccc(C(=O)NC(=S)Nc2ccc(OCCC3CCCCC3)cc2)cc1. The third-order valence-electron chi connectivity index (χ3n) is 5.17. The van der Waals surface area contributed by atoms with Gasteiger partial charge in [0.1, 0.15) is 5.75 Å². The number of aryl methyl sites for hydroxylation is 1. The zero-order valence-electron chi connectivity index (χ0n) is 16.4. The number of carbonyl (C=O) groups is 1. The Kier molecular flexibility index (Phi) is 7.43. The number of thiocarbonyl (C=S) groups is 1. The molecule has 2 N–H and O–H groups in total. The molecule has 2 aromatic carbocycles. The smallest absolute Gasteiger partial charge is 0.257 e. The van der Waals surface area contributed by atoms with Crippen LogP contribution in [0.2, 0.25) is 0 Å². The van der Waals surface area contributed by atoms with E-state index in [0.717, 1.165) is 35.9 Å². The molecule has 0 spiro atoms. The van der Waals surface area contributed by atoms with Crippen molar-refractivity contribution in [2.24, 2.45) is 5.92 Å². The summed E-state index contributed by atoms with van der Waals surface area (Å²) in [5, 5.41) is 6.01. The molecule has 4 nitrogen and oxygen atoms in total. The van der Waals surface area contributed by atoms with Gasteiger partial charge in [0.25, 0.3) is 5.91 Å². The molecule has 0 aliphatic heterocycles. The Bertz CT molecular complexity index is 781. The van der Waals surface area contributed by atoms with Crippen molar-refractivity contribution >= 4 is 28.9 Å². The highest BCUT2D eigenvalue weighted by molar-refractivity contribution is 7.80.